The van der Waals surface area contributed by atoms with E-state index in [1.54, 1.807) is 11.4 Å². The Balaban J connectivity index is 1.87. The van der Waals surface area contributed by atoms with E-state index in [0.717, 1.165) is 38.1 Å². The first kappa shape index (κ1) is 16.7. The molecule has 0 bridgehead atoms. The van der Waals surface area contributed by atoms with Gasteiger partial charge in [0, 0.05) is 31.7 Å². The van der Waals surface area contributed by atoms with Crippen molar-refractivity contribution in [3.63, 3.8) is 0 Å². The second-order valence-corrected chi connectivity index (χ2v) is 8.45. The van der Waals surface area contributed by atoms with Gasteiger partial charge >= 0.3 is 0 Å². The fraction of sp³-hybridized carbons (Fsp3) is 0.647. The van der Waals surface area contributed by atoms with E-state index in [1.807, 2.05) is 13.0 Å². The van der Waals surface area contributed by atoms with E-state index in [4.69, 9.17) is 4.74 Å². The van der Waals surface area contributed by atoms with Gasteiger partial charge < -0.3 is 4.74 Å². The Labute approximate surface area is 139 Å². The molecule has 0 aliphatic carbocycles. The van der Waals surface area contributed by atoms with E-state index in [2.05, 4.69) is 17.0 Å². The minimum Gasteiger partial charge on any atom is -0.497 e. The number of hydrogen-bond donors (Lipinski definition) is 0. The molecule has 0 radical (unpaired) electrons. The first-order valence-electron chi connectivity index (χ1n) is 8.31. The molecular formula is C17H26N2O3S. The number of ether oxygens (including phenoxy) is 1. The zero-order chi connectivity index (χ0) is 16.6. The third-order valence-corrected chi connectivity index (χ3v) is 6.62. The molecule has 2 atom stereocenters. The third-order valence-electron chi connectivity index (χ3n) is 5.21. The SMILES string of the molecule is CCN([C@@H]1CCN2CCc3cc(OC)ccc3[C@@H]2C1)S(C)(=O)=O. The smallest absolute Gasteiger partial charge is 0.211 e. The molecule has 1 aromatic rings. The normalized spacial score (nSPS) is 25.0. The fourth-order valence-corrected chi connectivity index (χ4v) is 5.33. The molecule has 0 amide bonds. The molecule has 1 aromatic carbocycles. The van der Waals surface area contributed by atoms with Crippen LogP contribution in [0.1, 0.15) is 36.9 Å². The van der Waals surface area contributed by atoms with Gasteiger partial charge in [-0.25, -0.2) is 8.42 Å². The summed E-state index contributed by atoms with van der Waals surface area (Å²) < 4.78 is 31.1. The molecule has 5 nitrogen and oxygen atoms in total. The molecule has 2 heterocycles. The van der Waals surface area contributed by atoms with Crippen molar-refractivity contribution in [1.82, 2.24) is 9.21 Å². The predicted octanol–water partition coefficient (Wildman–Crippen LogP) is 2.04. The van der Waals surface area contributed by atoms with Crippen LogP contribution in [-0.2, 0) is 16.4 Å². The van der Waals surface area contributed by atoms with Gasteiger partial charge in [-0.2, -0.15) is 4.31 Å². The van der Waals surface area contributed by atoms with Gasteiger partial charge in [-0.15, -0.1) is 0 Å². The van der Waals surface area contributed by atoms with E-state index in [9.17, 15) is 8.42 Å². The van der Waals surface area contributed by atoms with Crippen LogP contribution >= 0.6 is 0 Å². The average Bonchev–Trinajstić information content (AvgIpc) is 2.53. The molecule has 3 rings (SSSR count). The Kier molecular flexibility index (Phi) is 4.67. The number of benzene rings is 1. The molecule has 0 N–H and O–H groups in total. The molecule has 2 aliphatic heterocycles. The Morgan fingerprint density at radius 1 is 1.35 bits per heavy atom. The van der Waals surface area contributed by atoms with Crippen LogP contribution in [0.3, 0.4) is 0 Å². The van der Waals surface area contributed by atoms with Crippen molar-refractivity contribution in [2.45, 2.75) is 38.3 Å². The van der Waals surface area contributed by atoms with E-state index in [0.29, 0.717) is 12.6 Å². The number of rotatable bonds is 4. The largest absolute Gasteiger partial charge is 0.497 e. The zero-order valence-corrected chi connectivity index (χ0v) is 15.0. The van der Waals surface area contributed by atoms with Crippen molar-refractivity contribution in [2.75, 3.05) is 33.0 Å². The lowest BCUT2D eigenvalue weighted by molar-refractivity contribution is 0.0921. The molecule has 6 heteroatoms. The first-order valence-corrected chi connectivity index (χ1v) is 10.2. The number of methoxy groups -OCH3 is 1. The summed E-state index contributed by atoms with van der Waals surface area (Å²) >= 11 is 0. The Bertz CT molecular complexity index is 674. The van der Waals surface area contributed by atoms with Gasteiger partial charge in [0.15, 0.2) is 0 Å². The minimum absolute atomic E-state index is 0.101. The molecule has 1 saturated heterocycles. The second-order valence-electron chi connectivity index (χ2n) is 6.51. The van der Waals surface area contributed by atoms with Gasteiger partial charge in [-0.05, 0) is 42.5 Å². The molecule has 2 aliphatic rings. The van der Waals surface area contributed by atoms with Gasteiger partial charge in [-0.1, -0.05) is 13.0 Å². The van der Waals surface area contributed by atoms with Crippen molar-refractivity contribution in [3.05, 3.63) is 29.3 Å². The molecule has 23 heavy (non-hydrogen) atoms. The highest BCUT2D eigenvalue weighted by Crippen LogP contribution is 2.39. The maximum Gasteiger partial charge on any atom is 0.211 e. The van der Waals surface area contributed by atoms with Crippen LogP contribution in [0, 0.1) is 0 Å². The lowest BCUT2D eigenvalue weighted by Crippen LogP contribution is -2.49. The number of piperidine rings is 1. The van der Waals surface area contributed by atoms with Crippen LogP contribution in [0.5, 0.6) is 5.75 Å². The van der Waals surface area contributed by atoms with Gasteiger partial charge in [0.1, 0.15) is 5.75 Å². The minimum atomic E-state index is -3.15. The lowest BCUT2D eigenvalue weighted by atomic mass is 9.85. The van der Waals surface area contributed by atoms with Gasteiger partial charge in [0.2, 0.25) is 10.0 Å². The highest BCUT2D eigenvalue weighted by atomic mass is 32.2. The maximum absolute atomic E-state index is 12.0. The Hall–Kier alpha value is -1.11. The topological polar surface area (TPSA) is 49.9 Å². The van der Waals surface area contributed by atoms with E-state index >= 15 is 0 Å². The van der Waals surface area contributed by atoms with E-state index < -0.39 is 10.0 Å². The zero-order valence-electron chi connectivity index (χ0n) is 14.2. The summed E-state index contributed by atoms with van der Waals surface area (Å²) in [5, 5.41) is 0. The molecule has 128 valence electrons. The second kappa shape index (κ2) is 6.42. The Morgan fingerprint density at radius 2 is 2.13 bits per heavy atom. The third kappa shape index (κ3) is 3.25. The molecule has 0 aromatic heterocycles. The van der Waals surface area contributed by atoms with Gasteiger partial charge in [-0.3, -0.25) is 4.90 Å². The summed E-state index contributed by atoms with van der Waals surface area (Å²) in [5.41, 5.74) is 2.68. The monoisotopic (exact) mass is 338 g/mol. The molecule has 0 spiro atoms. The van der Waals surface area contributed by atoms with E-state index in [-0.39, 0.29) is 6.04 Å². The van der Waals surface area contributed by atoms with Crippen LogP contribution in [0.25, 0.3) is 0 Å². The number of sulfonamides is 1. The van der Waals surface area contributed by atoms with Crippen LogP contribution in [0.4, 0.5) is 0 Å². The molecule has 1 fully saturated rings. The summed E-state index contributed by atoms with van der Waals surface area (Å²) in [4.78, 5) is 2.50. The fourth-order valence-electron chi connectivity index (χ4n) is 4.13. The summed E-state index contributed by atoms with van der Waals surface area (Å²) in [6, 6.07) is 6.72. The standard InChI is InChI=1S/C17H26N2O3S/c1-4-19(23(3,20)21)14-8-10-18-9-7-13-11-15(22-2)5-6-16(13)17(18)12-14/h5-6,11,14,17H,4,7-10,12H2,1-3H3/t14-,17+/m1/s1. The maximum atomic E-state index is 12.0. The predicted molar refractivity (Wildman–Crippen MR) is 91.3 cm³/mol. The number of fused-ring (bicyclic) bond motifs is 3. The quantitative estimate of drug-likeness (QED) is 0.843. The van der Waals surface area contributed by atoms with E-state index in [1.165, 1.54) is 17.4 Å². The lowest BCUT2D eigenvalue weighted by Gasteiger charge is -2.45. The number of hydrogen-bond acceptors (Lipinski definition) is 4. The van der Waals surface area contributed by atoms with Crippen LogP contribution in [0.2, 0.25) is 0 Å². The summed E-state index contributed by atoms with van der Waals surface area (Å²) in [7, 11) is -1.45. The molecule has 0 saturated carbocycles. The van der Waals surface area contributed by atoms with Crippen molar-refractivity contribution >= 4 is 10.0 Å². The molecular weight excluding hydrogens is 312 g/mol. The molecule has 0 unspecified atom stereocenters. The van der Waals surface area contributed by atoms with Crippen LogP contribution in [-0.4, -0.2) is 56.7 Å². The Morgan fingerprint density at radius 3 is 2.78 bits per heavy atom. The summed E-state index contributed by atoms with van der Waals surface area (Å²) in [6.45, 7) is 4.48. The van der Waals surface area contributed by atoms with Crippen molar-refractivity contribution < 1.29 is 13.2 Å². The van der Waals surface area contributed by atoms with Crippen molar-refractivity contribution in [1.29, 1.82) is 0 Å². The number of nitrogens with zero attached hydrogens (tertiary/aromatic N) is 2. The van der Waals surface area contributed by atoms with Crippen molar-refractivity contribution in [3.8, 4) is 5.75 Å². The average molecular weight is 338 g/mol. The van der Waals surface area contributed by atoms with Gasteiger partial charge in [0.25, 0.3) is 0 Å². The van der Waals surface area contributed by atoms with Crippen LogP contribution in [0.15, 0.2) is 18.2 Å². The summed E-state index contributed by atoms with van der Waals surface area (Å²) in [6.07, 6.45) is 4.16. The first-order chi connectivity index (χ1) is 10.9. The van der Waals surface area contributed by atoms with Crippen LogP contribution < -0.4 is 4.74 Å². The highest BCUT2D eigenvalue weighted by Gasteiger charge is 2.37. The van der Waals surface area contributed by atoms with Crippen molar-refractivity contribution in [2.24, 2.45) is 0 Å². The summed E-state index contributed by atoms with van der Waals surface area (Å²) in [5.74, 6) is 0.899. The highest BCUT2D eigenvalue weighted by molar-refractivity contribution is 7.88. The van der Waals surface area contributed by atoms with Gasteiger partial charge in [0.05, 0.1) is 13.4 Å².